The summed E-state index contributed by atoms with van der Waals surface area (Å²) in [7, 11) is 0. The second-order valence-electron chi connectivity index (χ2n) is 9.52. The zero-order valence-corrected chi connectivity index (χ0v) is 20.3. The molecule has 5 rings (SSSR count). The van der Waals surface area contributed by atoms with Gasteiger partial charge in [0.15, 0.2) is 5.78 Å². The topological polar surface area (TPSA) is 45.8 Å². The lowest BCUT2D eigenvalue weighted by molar-refractivity contribution is -0.115. The molecule has 3 heteroatoms. The molecule has 3 nitrogen and oxygen atoms in total. The van der Waals surface area contributed by atoms with Crippen molar-refractivity contribution in [3.05, 3.63) is 107 Å². The predicted molar refractivity (Wildman–Crippen MR) is 146 cm³/mol. The molecule has 1 aliphatic rings. The van der Waals surface area contributed by atoms with Gasteiger partial charge in [0.2, 0.25) is 0 Å². The van der Waals surface area contributed by atoms with E-state index >= 15 is 0 Å². The Morgan fingerprint density at radius 1 is 0.943 bits per heavy atom. The van der Waals surface area contributed by atoms with E-state index in [0.29, 0.717) is 12.3 Å². The van der Waals surface area contributed by atoms with Crippen molar-refractivity contribution in [2.75, 3.05) is 0 Å². The Hall–Kier alpha value is -3.72. The molecule has 0 unspecified atom stereocenters. The average Bonchev–Trinajstić information content (AvgIpc) is 3.58. The van der Waals surface area contributed by atoms with E-state index in [4.69, 9.17) is 0 Å². The fourth-order valence-electron chi connectivity index (χ4n) is 5.30. The third-order valence-electron chi connectivity index (χ3n) is 7.13. The first-order chi connectivity index (χ1) is 17.2. The van der Waals surface area contributed by atoms with Crippen molar-refractivity contribution in [3.63, 3.8) is 0 Å². The zero-order valence-electron chi connectivity index (χ0n) is 20.3. The van der Waals surface area contributed by atoms with Gasteiger partial charge in [-0.25, -0.2) is 0 Å². The average molecular weight is 461 g/mol. The number of carbonyl (C=O) groups excluding carboxylic acids is 1. The molecule has 0 aliphatic heterocycles. The third-order valence-corrected chi connectivity index (χ3v) is 7.13. The summed E-state index contributed by atoms with van der Waals surface area (Å²) in [6, 6.07) is 25.7. The molecule has 0 saturated heterocycles. The first kappa shape index (κ1) is 23.0. The van der Waals surface area contributed by atoms with Gasteiger partial charge in [0.25, 0.3) is 0 Å². The number of nitrogens with one attached hydrogen (secondary N) is 1. The van der Waals surface area contributed by atoms with Crippen molar-refractivity contribution >= 4 is 33.9 Å². The summed E-state index contributed by atoms with van der Waals surface area (Å²) in [5.41, 5.74) is 8.21. The molecule has 0 radical (unpaired) electrons. The van der Waals surface area contributed by atoms with Crippen LogP contribution in [-0.2, 0) is 4.79 Å². The van der Waals surface area contributed by atoms with Gasteiger partial charge in [-0.05, 0) is 63.9 Å². The van der Waals surface area contributed by atoms with Crippen molar-refractivity contribution in [1.82, 2.24) is 10.2 Å². The van der Waals surface area contributed by atoms with Crippen molar-refractivity contribution in [2.45, 2.75) is 45.4 Å². The SMILES string of the molecule is CC/C(=C(/c1ccc(/C=C/C(=O)CC2CCCC2)cc1)c1ccc2[nH]ncc2c1)c1ccccc1. The van der Waals surface area contributed by atoms with Gasteiger partial charge in [0.1, 0.15) is 0 Å². The van der Waals surface area contributed by atoms with E-state index in [1.54, 1.807) is 6.08 Å². The fraction of sp³-hybridized carbons (Fsp3) is 0.250. The molecular weight excluding hydrogens is 428 g/mol. The van der Waals surface area contributed by atoms with Crippen molar-refractivity contribution in [1.29, 1.82) is 0 Å². The Kier molecular flexibility index (Phi) is 7.04. The van der Waals surface area contributed by atoms with Crippen LogP contribution in [0.4, 0.5) is 0 Å². The largest absolute Gasteiger partial charge is 0.295 e. The normalized spacial score (nSPS) is 15.1. The van der Waals surface area contributed by atoms with E-state index in [0.717, 1.165) is 22.9 Å². The number of carbonyl (C=O) groups is 1. The van der Waals surface area contributed by atoms with Crippen LogP contribution in [0.15, 0.2) is 85.1 Å². The molecule has 0 bridgehead atoms. The highest BCUT2D eigenvalue weighted by Crippen LogP contribution is 2.35. The van der Waals surface area contributed by atoms with E-state index in [2.05, 4.69) is 89.9 Å². The van der Waals surface area contributed by atoms with Crippen LogP contribution < -0.4 is 0 Å². The van der Waals surface area contributed by atoms with Gasteiger partial charge >= 0.3 is 0 Å². The summed E-state index contributed by atoms with van der Waals surface area (Å²) in [6.45, 7) is 2.21. The number of aromatic nitrogens is 2. The summed E-state index contributed by atoms with van der Waals surface area (Å²) in [5.74, 6) is 0.826. The van der Waals surface area contributed by atoms with Gasteiger partial charge < -0.3 is 0 Å². The summed E-state index contributed by atoms with van der Waals surface area (Å²) < 4.78 is 0. The number of hydrogen-bond donors (Lipinski definition) is 1. The number of fused-ring (bicyclic) bond motifs is 1. The van der Waals surface area contributed by atoms with E-state index in [1.165, 1.54) is 53.5 Å². The molecular formula is C32H32N2O. The molecule has 1 aromatic heterocycles. The van der Waals surface area contributed by atoms with Gasteiger partial charge in [-0.15, -0.1) is 0 Å². The zero-order chi connectivity index (χ0) is 24.0. The highest BCUT2D eigenvalue weighted by Gasteiger charge is 2.17. The number of nitrogens with zero attached hydrogens (tertiary/aromatic N) is 1. The van der Waals surface area contributed by atoms with Crippen LogP contribution in [0.5, 0.6) is 0 Å². The first-order valence-electron chi connectivity index (χ1n) is 12.7. The number of aromatic amines is 1. The Balaban J connectivity index is 1.48. The molecule has 4 aromatic rings. The number of allylic oxidation sites excluding steroid dienone is 2. The summed E-state index contributed by atoms with van der Waals surface area (Å²) in [5, 5.41) is 8.35. The Bertz CT molecular complexity index is 1350. The lowest BCUT2D eigenvalue weighted by atomic mass is 9.87. The van der Waals surface area contributed by atoms with Gasteiger partial charge in [0.05, 0.1) is 11.7 Å². The van der Waals surface area contributed by atoms with Crippen LogP contribution in [0.1, 0.15) is 67.7 Å². The smallest absolute Gasteiger partial charge is 0.155 e. The molecule has 35 heavy (non-hydrogen) atoms. The van der Waals surface area contributed by atoms with Gasteiger partial charge in [-0.1, -0.05) is 99.3 Å². The molecule has 3 aromatic carbocycles. The van der Waals surface area contributed by atoms with E-state index < -0.39 is 0 Å². The molecule has 1 aliphatic carbocycles. The number of rotatable bonds is 8. The quantitative estimate of drug-likeness (QED) is 0.213. The molecule has 1 fully saturated rings. The molecule has 176 valence electrons. The van der Waals surface area contributed by atoms with E-state index in [1.807, 2.05) is 12.3 Å². The number of hydrogen-bond acceptors (Lipinski definition) is 2. The maximum atomic E-state index is 12.4. The maximum Gasteiger partial charge on any atom is 0.155 e. The van der Waals surface area contributed by atoms with Crippen LogP contribution in [0.2, 0.25) is 0 Å². The minimum atomic E-state index is 0.243. The fourth-order valence-corrected chi connectivity index (χ4v) is 5.30. The second kappa shape index (κ2) is 10.7. The van der Waals surface area contributed by atoms with Crippen LogP contribution in [0.25, 0.3) is 28.1 Å². The number of ketones is 1. The molecule has 0 spiro atoms. The third kappa shape index (κ3) is 5.35. The minimum absolute atomic E-state index is 0.243. The van der Waals surface area contributed by atoms with Crippen LogP contribution in [0.3, 0.4) is 0 Å². The number of H-pyrrole nitrogens is 1. The van der Waals surface area contributed by atoms with Crippen molar-refractivity contribution in [3.8, 4) is 0 Å². The van der Waals surface area contributed by atoms with Crippen LogP contribution >= 0.6 is 0 Å². The summed E-state index contributed by atoms with van der Waals surface area (Å²) >= 11 is 0. The molecule has 1 N–H and O–H groups in total. The molecule has 1 heterocycles. The van der Waals surface area contributed by atoms with Crippen molar-refractivity contribution < 1.29 is 4.79 Å². The van der Waals surface area contributed by atoms with Gasteiger partial charge in [0, 0.05) is 11.8 Å². The Labute approximate surface area is 207 Å². The Morgan fingerprint density at radius 2 is 1.69 bits per heavy atom. The highest BCUT2D eigenvalue weighted by atomic mass is 16.1. The van der Waals surface area contributed by atoms with E-state index in [9.17, 15) is 4.79 Å². The Morgan fingerprint density at radius 3 is 2.43 bits per heavy atom. The second-order valence-corrected chi connectivity index (χ2v) is 9.52. The van der Waals surface area contributed by atoms with Crippen molar-refractivity contribution in [2.24, 2.45) is 5.92 Å². The van der Waals surface area contributed by atoms with Crippen LogP contribution in [-0.4, -0.2) is 16.0 Å². The van der Waals surface area contributed by atoms with Crippen LogP contribution in [0, 0.1) is 5.92 Å². The number of benzene rings is 3. The van der Waals surface area contributed by atoms with Gasteiger partial charge in [-0.2, -0.15) is 5.10 Å². The standard InChI is InChI=1S/C32H32N2O/c1-2-30(25-10-4-3-5-11-25)32(27-17-19-31-28(21-27)22-33-34-31)26-15-12-23(13-16-26)14-18-29(35)20-24-8-6-7-9-24/h3-5,10-19,21-22,24H,2,6-9,20H2,1H3,(H,33,34)/b18-14+,32-30+. The monoisotopic (exact) mass is 460 g/mol. The molecule has 0 atom stereocenters. The lowest BCUT2D eigenvalue weighted by Gasteiger charge is -2.17. The summed E-state index contributed by atoms with van der Waals surface area (Å²) in [6.07, 6.45) is 12.2. The predicted octanol–water partition coefficient (Wildman–Crippen LogP) is 8.09. The molecule has 0 amide bonds. The maximum absolute atomic E-state index is 12.4. The minimum Gasteiger partial charge on any atom is -0.295 e. The highest BCUT2D eigenvalue weighted by molar-refractivity contribution is 6.00. The molecule has 1 saturated carbocycles. The van der Waals surface area contributed by atoms with E-state index in [-0.39, 0.29) is 5.78 Å². The first-order valence-corrected chi connectivity index (χ1v) is 12.7. The lowest BCUT2D eigenvalue weighted by Crippen LogP contribution is -2.01. The van der Waals surface area contributed by atoms with Gasteiger partial charge in [-0.3, -0.25) is 9.89 Å². The summed E-state index contributed by atoms with van der Waals surface area (Å²) in [4.78, 5) is 12.4.